The number of benzene rings is 1. The van der Waals surface area contributed by atoms with Crippen LogP contribution in [-0.4, -0.2) is 25.2 Å². The molecule has 6 nitrogen and oxygen atoms in total. The molecule has 0 spiro atoms. The molecule has 136 valence electrons. The lowest BCUT2D eigenvalue weighted by Crippen LogP contribution is -2.32. The van der Waals surface area contributed by atoms with Gasteiger partial charge in [-0.1, -0.05) is 12.1 Å². The van der Waals surface area contributed by atoms with Gasteiger partial charge in [-0.15, -0.1) is 0 Å². The molecular formula is C19H22FN5O. The Bertz CT molecular complexity index is 943. The predicted molar refractivity (Wildman–Crippen MR) is 96.0 cm³/mol. The second-order valence-corrected chi connectivity index (χ2v) is 6.40. The van der Waals surface area contributed by atoms with Gasteiger partial charge in [-0.25, -0.2) is 9.37 Å². The van der Waals surface area contributed by atoms with Crippen molar-refractivity contribution in [1.29, 1.82) is 0 Å². The van der Waals surface area contributed by atoms with Crippen LogP contribution in [0.25, 0.3) is 0 Å². The van der Waals surface area contributed by atoms with Crippen LogP contribution in [0.3, 0.4) is 0 Å². The van der Waals surface area contributed by atoms with Gasteiger partial charge in [0, 0.05) is 37.7 Å². The van der Waals surface area contributed by atoms with E-state index in [1.54, 1.807) is 29.2 Å². The summed E-state index contributed by atoms with van der Waals surface area (Å²) in [7, 11) is 3.70. The zero-order valence-corrected chi connectivity index (χ0v) is 15.3. The molecule has 7 heteroatoms. The van der Waals surface area contributed by atoms with Gasteiger partial charge in [-0.3, -0.25) is 9.48 Å². The van der Waals surface area contributed by atoms with Crippen molar-refractivity contribution in [1.82, 2.24) is 24.6 Å². The van der Waals surface area contributed by atoms with E-state index in [0.717, 1.165) is 17.0 Å². The molecule has 0 saturated carbocycles. The Balaban J connectivity index is 1.88. The summed E-state index contributed by atoms with van der Waals surface area (Å²) < 4.78 is 17.3. The quantitative estimate of drug-likeness (QED) is 0.764. The van der Waals surface area contributed by atoms with Gasteiger partial charge in [0.05, 0.1) is 12.1 Å². The molecule has 0 fully saturated rings. The topological polar surface area (TPSA) is 64.7 Å². The van der Waals surface area contributed by atoms with Crippen LogP contribution in [-0.2, 0) is 25.3 Å². The molecule has 26 heavy (non-hydrogen) atoms. The SMILES string of the molecule is Cc1nn(C)c(C)c1CC(=O)N[C@@H](c1cccc(F)c1)c1nccn1C. The zero-order valence-electron chi connectivity index (χ0n) is 15.3. The minimum absolute atomic E-state index is 0.165. The summed E-state index contributed by atoms with van der Waals surface area (Å²) in [5.41, 5.74) is 3.34. The van der Waals surface area contributed by atoms with Gasteiger partial charge in [-0.2, -0.15) is 5.10 Å². The monoisotopic (exact) mass is 355 g/mol. The molecule has 0 radical (unpaired) electrons. The summed E-state index contributed by atoms with van der Waals surface area (Å²) in [6, 6.07) is 5.67. The lowest BCUT2D eigenvalue weighted by atomic mass is 10.0. The third-order valence-corrected chi connectivity index (χ3v) is 4.60. The van der Waals surface area contributed by atoms with E-state index in [1.165, 1.54) is 12.1 Å². The molecule has 1 aromatic carbocycles. The van der Waals surface area contributed by atoms with Crippen LogP contribution in [0.15, 0.2) is 36.7 Å². The number of carbonyl (C=O) groups excluding carboxylic acids is 1. The normalized spacial score (nSPS) is 12.2. The van der Waals surface area contributed by atoms with Crippen molar-refractivity contribution in [2.45, 2.75) is 26.3 Å². The maximum atomic E-state index is 13.7. The van der Waals surface area contributed by atoms with Crippen molar-refractivity contribution in [3.8, 4) is 0 Å². The predicted octanol–water partition coefficient (Wildman–Crippen LogP) is 2.36. The molecule has 3 rings (SSSR count). The average molecular weight is 355 g/mol. The summed E-state index contributed by atoms with van der Waals surface area (Å²) in [5, 5.41) is 7.34. The number of nitrogens with zero attached hydrogens (tertiary/aromatic N) is 4. The number of halogens is 1. The summed E-state index contributed by atoms with van der Waals surface area (Å²) in [5.74, 6) is 0.125. The molecule has 2 heterocycles. The van der Waals surface area contributed by atoms with Crippen LogP contribution in [0.5, 0.6) is 0 Å². The maximum absolute atomic E-state index is 13.7. The van der Waals surface area contributed by atoms with Crippen molar-refractivity contribution in [3.63, 3.8) is 0 Å². The van der Waals surface area contributed by atoms with Crippen LogP contribution in [0.4, 0.5) is 4.39 Å². The van der Waals surface area contributed by atoms with Crippen molar-refractivity contribution < 1.29 is 9.18 Å². The van der Waals surface area contributed by atoms with Gasteiger partial charge in [0.1, 0.15) is 17.7 Å². The standard InChI is InChI=1S/C19H22FN5O/c1-12-16(13(2)25(4)23-12)11-17(26)22-18(19-21-8-9-24(19)3)14-6-5-7-15(20)10-14/h5-10,18H,11H2,1-4H3,(H,22,26)/t18-/m0/s1. The van der Waals surface area contributed by atoms with Gasteiger partial charge >= 0.3 is 0 Å². The summed E-state index contributed by atoms with van der Waals surface area (Å²) in [6.07, 6.45) is 3.66. The Hall–Kier alpha value is -2.96. The van der Waals surface area contributed by atoms with E-state index in [9.17, 15) is 9.18 Å². The van der Waals surface area contributed by atoms with Gasteiger partial charge in [-0.05, 0) is 31.5 Å². The highest BCUT2D eigenvalue weighted by Crippen LogP contribution is 2.22. The lowest BCUT2D eigenvalue weighted by Gasteiger charge is -2.19. The molecule has 2 aromatic heterocycles. The Morgan fingerprint density at radius 3 is 2.65 bits per heavy atom. The highest BCUT2D eigenvalue weighted by Gasteiger charge is 2.22. The average Bonchev–Trinajstić information content (AvgIpc) is 3.11. The summed E-state index contributed by atoms with van der Waals surface area (Å²) in [4.78, 5) is 17.1. The van der Waals surface area contributed by atoms with Crippen LogP contribution < -0.4 is 5.32 Å². The van der Waals surface area contributed by atoms with Crippen molar-refractivity contribution in [2.24, 2.45) is 14.1 Å². The first-order valence-corrected chi connectivity index (χ1v) is 8.38. The number of nitrogens with one attached hydrogen (secondary N) is 1. The number of amides is 1. The van der Waals surface area contributed by atoms with E-state index in [-0.39, 0.29) is 18.1 Å². The third-order valence-electron chi connectivity index (χ3n) is 4.60. The van der Waals surface area contributed by atoms with Gasteiger partial charge in [0.2, 0.25) is 5.91 Å². The van der Waals surface area contributed by atoms with E-state index in [4.69, 9.17) is 0 Å². The second-order valence-electron chi connectivity index (χ2n) is 6.40. The van der Waals surface area contributed by atoms with Crippen molar-refractivity contribution in [2.75, 3.05) is 0 Å². The number of hydrogen-bond donors (Lipinski definition) is 1. The molecule has 0 aliphatic heterocycles. The van der Waals surface area contributed by atoms with Gasteiger partial charge < -0.3 is 9.88 Å². The number of rotatable bonds is 5. The third kappa shape index (κ3) is 3.51. The molecular weight excluding hydrogens is 333 g/mol. The smallest absolute Gasteiger partial charge is 0.225 e. The zero-order chi connectivity index (χ0) is 18.8. The summed E-state index contributed by atoms with van der Waals surface area (Å²) in [6.45, 7) is 3.82. The molecule has 3 aromatic rings. The van der Waals surface area contributed by atoms with Crippen LogP contribution in [0.1, 0.15) is 34.4 Å². The fourth-order valence-electron chi connectivity index (χ4n) is 3.08. The minimum atomic E-state index is -0.532. The maximum Gasteiger partial charge on any atom is 0.225 e. The fourth-order valence-corrected chi connectivity index (χ4v) is 3.08. The number of carbonyl (C=O) groups is 1. The first-order chi connectivity index (χ1) is 12.4. The Morgan fingerprint density at radius 2 is 2.08 bits per heavy atom. The number of aromatic nitrogens is 4. The van der Waals surface area contributed by atoms with Gasteiger partial charge in [0.25, 0.3) is 0 Å². The first-order valence-electron chi connectivity index (χ1n) is 8.38. The van der Waals surface area contributed by atoms with E-state index in [0.29, 0.717) is 11.4 Å². The molecule has 0 aliphatic rings. The largest absolute Gasteiger partial charge is 0.342 e. The van der Waals surface area contributed by atoms with E-state index >= 15 is 0 Å². The van der Waals surface area contributed by atoms with Crippen molar-refractivity contribution in [3.05, 3.63) is 70.8 Å². The Kier molecular flexibility index (Phi) is 4.88. The number of imidazole rings is 1. The molecule has 1 amide bonds. The fraction of sp³-hybridized carbons (Fsp3) is 0.316. The molecule has 1 atom stereocenters. The van der Waals surface area contributed by atoms with E-state index in [2.05, 4.69) is 15.4 Å². The second kappa shape index (κ2) is 7.11. The molecule has 0 bridgehead atoms. The van der Waals surface area contributed by atoms with E-state index in [1.807, 2.05) is 32.5 Å². The Morgan fingerprint density at radius 1 is 1.31 bits per heavy atom. The molecule has 0 unspecified atom stereocenters. The highest BCUT2D eigenvalue weighted by molar-refractivity contribution is 5.80. The number of aryl methyl sites for hydroxylation is 3. The lowest BCUT2D eigenvalue weighted by molar-refractivity contribution is -0.121. The first kappa shape index (κ1) is 17.8. The van der Waals surface area contributed by atoms with Gasteiger partial charge in [0.15, 0.2) is 0 Å². The molecule has 0 aliphatic carbocycles. The van der Waals surface area contributed by atoms with Crippen LogP contribution in [0, 0.1) is 19.7 Å². The highest BCUT2D eigenvalue weighted by atomic mass is 19.1. The Labute approximate surface area is 151 Å². The molecule has 0 saturated heterocycles. The molecule has 1 N–H and O–H groups in total. The van der Waals surface area contributed by atoms with E-state index < -0.39 is 6.04 Å². The van der Waals surface area contributed by atoms with Crippen molar-refractivity contribution >= 4 is 5.91 Å². The minimum Gasteiger partial charge on any atom is -0.342 e. The number of hydrogen-bond acceptors (Lipinski definition) is 3. The van der Waals surface area contributed by atoms with Crippen LogP contribution in [0.2, 0.25) is 0 Å². The summed E-state index contributed by atoms with van der Waals surface area (Å²) >= 11 is 0. The van der Waals surface area contributed by atoms with Crippen LogP contribution >= 0.6 is 0 Å².